The number of benzene rings is 4. The molecule has 4 atom stereocenters. The number of rotatable bonds is 29. The molecule has 0 aliphatic carbocycles. The third-order valence-corrected chi connectivity index (χ3v) is 12.9. The Morgan fingerprint density at radius 2 is 1.03 bits per heavy atom. The monoisotopic (exact) mass is 1150 g/mol. The highest BCUT2D eigenvalue weighted by Gasteiger charge is 2.29. The molecule has 21 nitrogen and oxygen atoms in total. The molecule has 0 aliphatic rings. The summed E-state index contributed by atoms with van der Waals surface area (Å²) in [6.07, 6.45) is 3.36. The lowest BCUT2D eigenvalue weighted by molar-refractivity contribution is -0.133. The van der Waals surface area contributed by atoms with Gasteiger partial charge in [0.2, 0.25) is 53.2 Å². The molecule has 0 aromatic heterocycles. The van der Waals surface area contributed by atoms with Crippen LogP contribution < -0.4 is 54.4 Å². The number of phenols is 2. The van der Waals surface area contributed by atoms with E-state index in [1.54, 1.807) is 60.7 Å². The molecule has 0 saturated heterocycles. The molecule has 4 aromatic carbocycles. The number of nitrogens with two attached hydrogens (primary N) is 3. The van der Waals surface area contributed by atoms with Gasteiger partial charge in [0.05, 0.1) is 19.6 Å². The molecular formula is C55H75ClN10O11S2. The fourth-order valence-electron chi connectivity index (χ4n) is 6.73. The molecule has 4 rings (SSSR count). The molecule has 15 N–H and O–H groups in total. The third-order valence-electron chi connectivity index (χ3n) is 10.8. The first-order valence-corrected chi connectivity index (χ1v) is 28.4. The van der Waals surface area contributed by atoms with Gasteiger partial charge in [0.25, 0.3) is 0 Å². The number of unbranched alkanes of at least 4 members (excludes halogenated alkanes) is 1. The van der Waals surface area contributed by atoms with Crippen molar-refractivity contribution in [1.29, 1.82) is 0 Å². The van der Waals surface area contributed by atoms with E-state index in [2.05, 4.69) is 58.0 Å². The van der Waals surface area contributed by atoms with Crippen molar-refractivity contribution in [2.24, 2.45) is 23.1 Å². The van der Waals surface area contributed by atoms with Crippen LogP contribution in [0.25, 0.3) is 0 Å². The SMILES string of the molecule is CC(C)C.CSSCC(NC(=O)CCc1ccc(Cl)cc1)C(=O)NC(Cc1ccc(O)cc1)C(=O)NCC(=O)NC(CCCCN)C(=O)NCC(=O)NCC(=O)NC(Cc1ccc(O)cc1)C(N)=O.Cc1ccc(C(N)=O)cc1. The predicted molar refractivity (Wildman–Crippen MR) is 308 cm³/mol. The maximum atomic E-state index is 13.7. The van der Waals surface area contributed by atoms with Gasteiger partial charge in [0, 0.05) is 35.6 Å². The summed E-state index contributed by atoms with van der Waals surface area (Å²) in [7, 11) is 2.72. The van der Waals surface area contributed by atoms with Gasteiger partial charge in [0.15, 0.2) is 0 Å². The number of carbonyl (C=O) groups is 9. The Labute approximate surface area is 474 Å². The zero-order chi connectivity index (χ0) is 58.9. The highest BCUT2D eigenvalue weighted by atomic mass is 35.5. The minimum absolute atomic E-state index is 0.0157. The number of aromatic hydroxyl groups is 2. The van der Waals surface area contributed by atoms with Crippen LogP contribution in [-0.4, -0.2) is 126 Å². The molecule has 4 aromatic rings. The van der Waals surface area contributed by atoms with Crippen LogP contribution in [-0.2, 0) is 57.6 Å². The van der Waals surface area contributed by atoms with E-state index in [0.29, 0.717) is 47.5 Å². The smallest absolute Gasteiger partial charge is 0.248 e. The number of hydrogen-bond donors (Lipinski definition) is 12. The van der Waals surface area contributed by atoms with Crippen molar-refractivity contribution < 1.29 is 53.4 Å². The number of primary amides is 2. The average Bonchev–Trinajstić information content (AvgIpc) is 3.40. The number of phenolic OH excluding ortho intramolecular Hbond substituents is 2. The summed E-state index contributed by atoms with van der Waals surface area (Å²) in [5.74, 6) is -4.93. The molecule has 430 valence electrons. The Hall–Kier alpha value is -7.34. The van der Waals surface area contributed by atoms with E-state index in [0.717, 1.165) is 17.0 Å². The van der Waals surface area contributed by atoms with Crippen LogP contribution in [0.4, 0.5) is 0 Å². The van der Waals surface area contributed by atoms with Crippen molar-refractivity contribution in [1.82, 2.24) is 37.2 Å². The number of nitrogens with one attached hydrogen (secondary N) is 7. The number of aryl methyl sites for hydroxylation is 2. The lowest BCUT2D eigenvalue weighted by Gasteiger charge is -2.23. The lowest BCUT2D eigenvalue weighted by atomic mass is 10.0. The fourth-order valence-corrected chi connectivity index (χ4v) is 8.18. The Morgan fingerprint density at radius 3 is 1.53 bits per heavy atom. The number of halogens is 1. The second-order valence-electron chi connectivity index (χ2n) is 18.6. The topological polar surface area (TPSA) is 356 Å². The highest BCUT2D eigenvalue weighted by Crippen LogP contribution is 2.19. The summed E-state index contributed by atoms with van der Waals surface area (Å²) >= 11 is 5.96. The van der Waals surface area contributed by atoms with Gasteiger partial charge in [-0.1, -0.05) is 108 Å². The summed E-state index contributed by atoms with van der Waals surface area (Å²) in [6.45, 7) is 7.05. The Bertz CT molecular complexity index is 2580. The Kier molecular flexibility index (Phi) is 32.1. The number of hydrogen-bond acceptors (Lipinski definition) is 14. The maximum Gasteiger partial charge on any atom is 0.248 e. The van der Waals surface area contributed by atoms with E-state index in [-0.39, 0.29) is 54.7 Å². The van der Waals surface area contributed by atoms with Crippen molar-refractivity contribution >= 4 is 86.4 Å². The van der Waals surface area contributed by atoms with Gasteiger partial charge in [-0.05, 0) is 117 Å². The van der Waals surface area contributed by atoms with E-state index in [1.807, 2.05) is 25.3 Å². The van der Waals surface area contributed by atoms with E-state index in [1.165, 1.54) is 45.9 Å². The van der Waals surface area contributed by atoms with Gasteiger partial charge in [0.1, 0.15) is 35.7 Å². The molecule has 0 aliphatic heterocycles. The van der Waals surface area contributed by atoms with Crippen LogP contribution in [0.15, 0.2) is 97.1 Å². The summed E-state index contributed by atoms with van der Waals surface area (Å²) in [6, 6.07) is 21.6. The van der Waals surface area contributed by atoms with Crippen LogP contribution in [0.2, 0.25) is 5.02 Å². The molecule has 24 heteroatoms. The van der Waals surface area contributed by atoms with Crippen LogP contribution in [0.1, 0.15) is 79.1 Å². The fraction of sp³-hybridized carbons (Fsp3) is 0.400. The van der Waals surface area contributed by atoms with E-state index >= 15 is 0 Å². The molecule has 79 heavy (non-hydrogen) atoms. The Morgan fingerprint density at radius 1 is 0.557 bits per heavy atom. The van der Waals surface area contributed by atoms with Crippen molar-refractivity contribution in [3.05, 3.63) is 130 Å². The normalized spacial score (nSPS) is 12.0. The van der Waals surface area contributed by atoms with Crippen LogP contribution in [0.3, 0.4) is 0 Å². The van der Waals surface area contributed by atoms with Crippen molar-refractivity contribution in [3.8, 4) is 11.5 Å². The van der Waals surface area contributed by atoms with Gasteiger partial charge < -0.3 is 64.6 Å². The van der Waals surface area contributed by atoms with Crippen LogP contribution in [0, 0.1) is 12.8 Å². The molecule has 0 bridgehead atoms. The summed E-state index contributed by atoms with van der Waals surface area (Å²) in [5.41, 5.74) is 19.8. The number of amides is 9. The quantitative estimate of drug-likeness (QED) is 0.0275. The summed E-state index contributed by atoms with van der Waals surface area (Å²) in [5, 5.41) is 37.5. The standard InChI is InChI=1S/C43H56ClN9O10S2.C8H9NO.C4H10/c1-64-65-25-35(52-36(56)18-11-26-5-12-29(44)13-6-26)43(63)53-34(21-28-9-16-31(55)17-10-28)42(62)49-24-39(59)50-32(4-2-3-19-45)41(61)48-22-37(57)47-23-38(58)51-33(40(46)60)20-27-7-14-30(54)15-8-27;1-6-2-4-7(5-3-6)8(9)10;1-4(2)3/h5-10,12-17,32-35,54-55H,2-4,11,18-25,45H2,1H3,(H2,46,60)(H,47,57)(H,48,61)(H,49,62)(H,50,59)(H,51,58)(H,52,56)(H,53,63);2-5H,1H3,(H2,9,10);4H,1-3H3. The lowest BCUT2D eigenvalue weighted by Crippen LogP contribution is -2.56. The zero-order valence-corrected chi connectivity index (χ0v) is 47.5. The number of carbonyl (C=O) groups excluding carboxylic acids is 9. The van der Waals surface area contributed by atoms with Gasteiger partial charge >= 0.3 is 0 Å². The molecule has 0 heterocycles. The van der Waals surface area contributed by atoms with Gasteiger partial charge in [-0.3, -0.25) is 43.2 Å². The largest absolute Gasteiger partial charge is 0.508 e. The molecule has 0 saturated carbocycles. The molecule has 0 fully saturated rings. The van der Waals surface area contributed by atoms with Gasteiger partial charge in [-0.2, -0.15) is 0 Å². The highest BCUT2D eigenvalue weighted by molar-refractivity contribution is 8.76. The van der Waals surface area contributed by atoms with E-state index < -0.39 is 85.2 Å². The first-order chi connectivity index (χ1) is 37.5. The van der Waals surface area contributed by atoms with E-state index in [9.17, 15) is 53.4 Å². The molecule has 9 amide bonds. The molecule has 0 spiro atoms. The first kappa shape index (κ1) is 67.8. The average molecular weight is 1150 g/mol. The van der Waals surface area contributed by atoms with Crippen molar-refractivity contribution in [2.75, 3.05) is 38.2 Å². The first-order valence-electron chi connectivity index (χ1n) is 25.3. The Balaban J connectivity index is 0.00000133. The second kappa shape index (κ2) is 37.5. The molecule has 4 unspecified atom stereocenters. The summed E-state index contributed by atoms with van der Waals surface area (Å²) < 4.78 is 0. The summed E-state index contributed by atoms with van der Waals surface area (Å²) in [4.78, 5) is 114. The molecular weight excluding hydrogens is 1080 g/mol. The maximum absolute atomic E-state index is 13.7. The molecule has 0 radical (unpaired) electrons. The van der Waals surface area contributed by atoms with Crippen molar-refractivity contribution in [2.45, 2.75) is 96.8 Å². The van der Waals surface area contributed by atoms with Gasteiger partial charge in [-0.25, -0.2) is 0 Å². The van der Waals surface area contributed by atoms with Crippen molar-refractivity contribution in [3.63, 3.8) is 0 Å². The van der Waals surface area contributed by atoms with E-state index in [4.69, 9.17) is 28.8 Å². The second-order valence-corrected chi connectivity index (χ2v) is 21.6. The predicted octanol–water partition coefficient (Wildman–Crippen LogP) is 2.84. The third kappa shape index (κ3) is 29.8. The minimum Gasteiger partial charge on any atom is -0.508 e. The van der Waals surface area contributed by atoms with Crippen LogP contribution in [0.5, 0.6) is 11.5 Å². The minimum atomic E-state index is -1.24. The zero-order valence-electron chi connectivity index (χ0n) is 45.1. The van der Waals surface area contributed by atoms with Crippen LogP contribution >= 0.6 is 33.2 Å². The van der Waals surface area contributed by atoms with Gasteiger partial charge in [-0.15, -0.1) is 0 Å².